The molecule has 0 fully saturated rings. The minimum Gasteiger partial charge on any atom is -0.268 e. The average Bonchev–Trinajstić information content (AvgIpc) is 2.71. The molecule has 0 amide bonds. The Hall–Kier alpha value is -1.40. The molecule has 1 atom stereocenters. The first kappa shape index (κ1) is 15.0. The second-order valence-corrected chi connectivity index (χ2v) is 7.36. The summed E-state index contributed by atoms with van der Waals surface area (Å²) in [6.07, 6.45) is 0.595. The third-order valence-corrected chi connectivity index (χ3v) is 5.57. The van der Waals surface area contributed by atoms with Crippen molar-refractivity contribution < 1.29 is 8.42 Å². The standard InChI is InChI=1S/C14H21N3O2S/c1-5-11(3)20(18,19)15-9-13-12-8-10(2)6-7-14(12)17(4)16-13/h6-8,11,15H,5,9H2,1-4H3. The van der Waals surface area contributed by atoms with Gasteiger partial charge in [-0.2, -0.15) is 5.10 Å². The van der Waals surface area contributed by atoms with E-state index >= 15 is 0 Å². The van der Waals surface area contributed by atoms with Crippen molar-refractivity contribution in [3.05, 3.63) is 29.5 Å². The van der Waals surface area contributed by atoms with Gasteiger partial charge in [0.2, 0.25) is 10.0 Å². The Labute approximate surface area is 120 Å². The van der Waals surface area contributed by atoms with E-state index in [2.05, 4.69) is 9.82 Å². The van der Waals surface area contributed by atoms with Crippen LogP contribution in [0.15, 0.2) is 18.2 Å². The van der Waals surface area contributed by atoms with Crippen molar-refractivity contribution in [3.8, 4) is 0 Å². The summed E-state index contributed by atoms with van der Waals surface area (Å²) in [4.78, 5) is 0. The average molecular weight is 295 g/mol. The van der Waals surface area contributed by atoms with Crippen molar-refractivity contribution in [3.63, 3.8) is 0 Å². The van der Waals surface area contributed by atoms with Gasteiger partial charge in [0.15, 0.2) is 0 Å². The van der Waals surface area contributed by atoms with Gasteiger partial charge >= 0.3 is 0 Å². The molecule has 1 aromatic heterocycles. The maximum atomic E-state index is 12.0. The molecule has 0 aliphatic rings. The van der Waals surface area contributed by atoms with Gasteiger partial charge in [0, 0.05) is 12.4 Å². The Kier molecular flexibility index (Phi) is 4.15. The van der Waals surface area contributed by atoms with Crippen molar-refractivity contribution in [2.24, 2.45) is 7.05 Å². The minimum atomic E-state index is -3.28. The fourth-order valence-electron chi connectivity index (χ4n) is 2.11. The van der Waals surface area contributed by atoms with E-state index in [1.54, 1.807) is 11.6 Å². The molecule has 110 valence electrons. The van der Waals surface area contributed by atoms with E-state index in [4.69, 9.17) is 0 Å². The third-order valence-electron chi connectivity index (χ3n) is 3.63. The van der Waals surface area contributed by atoms with E-state index in [0.29, 0.717) is 6.42 Å². The lowest BCUT2D eigenvalue weighted by Gasteiger charge is -2.10. The Bertz CT molecular complexity index is 719. The van der Waals surface area contributed by atoms with Gasteiger partial charge < -0.3 is 0 Å². The van der Waals surface area contributed by atoms with Gasteiger partial charge in [0.25, 0.3) is 0 Å². The lowest BCUT2D eigenvalue weighted by molar-refractivity contribution is 0.564. The highest BCUT2D eigenvalue weighted by Crippen LogP contribution is 2.19. The first-order chi connectivity index (χ1) is 9.35. The maximum Gasteiger partial charge on any atom is 0.214 e. The largest absolute Gasteiger partial charge is 0.268 e. The van der Waals surface area contributed by atoms with Crippen LogP contribution in [0, 0.1) is 6.92 Å². The Morgan fingerprint density at radius 2 is 2.10 bits per heavy atom. The monoisotopic (exact) mass is 295 g/mol. The summed E-state index contributed by atoms with van der Waals surface area (Å²) in [6, 6.07) is 6.07. The predicted octanol–water partition coefficient (Wildman–Crippen LogP) is 2.10. The Balaban J connectivity index is 2.29. The molecule has 5 nitrogen and oxygen atoms in total. The molecule has 1 N–H and O–H groups in total. The lowest BCUT2D eigenvalue weighted by Crippen LogP contribution is -2.31. The van der Waals surface area contributed by atoms with Crippen LogP contribution in [0.3, 0.4) is 0 Å². The van der Waals surface area contributed by atoms with Gasteiger partial charge in [-0.3, -0.25) is 4.68 Å². The summed E-state index contributed by atoms with van der Waals surface area (Å²) >= 11 is 0. The van der Waals surface area contributed by atoms with E-state index in [-0.39, 0.29) is 11.8 Å². The smallest absolute Gasteiger partial charge is 0.214 e. The van der Waals surface area contributed by atoms with E-state index in [1.807, 2.05) is 39.1 Å². The van der Waals surface area contributed by atoms with Crippen LogP contribution in [-0.4, -0.2) is 23.4 Å². The second-order valence-electron chi connectivity index (χ2n) is 5.18. The SMILES string of the molecule is CCC(C)S(=O)(=O)NCc1nn(C)c2ccc(C)cc12. The molecule has 1 unspecified atom stereocenters. The topological polar surface area (TPSA) is 64.0 Å². The fraction of sp³-hybridized carbons (Fsp3) is 0.500. The van der Waals surface area contributed by atoms with E-state index < -0.39 is 10.0 Å². The van der Waals surface area contributed by atoms with Crippen molar-refractivity contribution >= 4 is 20.9 Å². The molecule has 0 saturated heterocycles. The molecule has 0 aliphatic heterocycles. The first-order valence-electron chi connectivity index (χ1n) is 6.76. The van der Waals surface area contributed by atoms with Crippen LogP contribution in [0.4, 0.5) is 0 Å². The molecule has 0 spiro atoms. The molecule has 0 radical (unpaired) electrons. The zero-order valence-electron chi connectivity index (χ0n) is 12.3. The predicted molar refractivity (Wildman–Crippen MR) is 81.0 cm³/mol. The summed E-state index contributed by atoms with van der Waals surface area (Å²) in [5.41, 5.74) is 2.91. The van der Waals surface area contributed by atoms with Crippen molar-refractivity contribution in [1.82, 2.24) is 14.5 Å². The number of fused-ring (bicyclic) bond motifs is 1. The zero-order chi connectivity index (χ0) is 14.9. The molecular weight excluding hydrogens is 274 g/mol. The van der Waals surface area contributed by atoms with Gasteiger partial charge in [-0.15, -0.1) is 0 Å². The van der Waals surface area contributed by atoms with Gasteiger partial charge in [-0.05, 0) is 32.4 Å². The highest BCUT2D eigenvalue weighted by molar-refractivity contribution is 7.90. The van der Waals surface area contributed by atoms with Gasteiger partial charge in [-0.25, -0.2) is 13.1 Å². The van der Waals surface area contributed by atoms with Crippen molar-refractivity contribution in [2.75, 3.05) is 0 Å². The quantitative estimate of drug-likeness (QED) is 0.918. The third kappa shape index (κ3) is 2.86. The van der Waals surface area contributed by atoms with Crippen LogP contribution in [0.5, 0.6) is 0 Å². The Morgan fingerprint density at radius 1 is 1.40 bits per heavy atom. The number of rotatable bonds is 5. The lowest BCUT2D eigenvalue weighted by atomic mass is 10.1. The number of aromatic nitrogens is 2. The number of aryl methyl sites for hydroxylation is 2. The fourth-order valence-corrected chi connectivity index (χ4v) is 3.17. The molecule has 0 aliphatic carbocycles. The summed E-state index contributed by atoms with van der Waals surface area (Å²) in [5, 5.41) is 5.02. The van der Waals surface area contributed by atoms with E-state index in [0.717, 1.165) is 22.2 Å². The first-order valence-corrected chi connectivity index (χ1v) is 8.30. The second kappa shape index (κ2) is 5.54. The summed E-state index contributed by atoms with van der Waals surface area (Å²) < 4.78 is 28.4. The summed E-state index contributed by atoms with van der Waals surface area (Å²) in [7, 11) is -1.41. The molecule has 2 aromatic rings. The van der Waals surface area contributed by atoms with Gasteiger partial charge in [0.05, 0.1) is 23.0 Å². The van der Waals surface area contributed by atoms with E-state index in [9.17, 15) is 8.42 Å². The van der Waals surface area contributed by atoms with Gasteiger partial charge in [0.1, 0.15) is 0 Å². The number of hydrogen-bond acceptors (Lipinski definition) is 3. The molecular formula is C14H21N3O2S. The van der Waals surface area contributed by atoms with Crippen LogP contribution < -0.4 is 4.72 Å². The van der Waals surface area contributed by atoms with Crippen LogP contribution in [0.25, 0.3) is 10.9 Å². The molecule has 1 aromatic carbocycles. The molecule has 6 heteroatoms. The van der Waals surface area contributed by atoms with Crippen molar-refractivity contribution in [1.29, 1.82) is 0 Å². The number of benzene rings is 1. The summed E-state index contributed by atoms with van der Waals surface area (Å²) in [6.45, 7) is 5.82. The molecule has 0 saturated carbocycles. The molecule has 0 bridgehead atoms. The van der Waals surface area contributed by atoms with Crippen molar-refractivity contribution in [2.45, 2.75) is 39.0 Å². The highest BCUT2D eigenvalue weighted by Gasteiger charge is 2.19. The van der Waals surface area contributed by atoms with Crippen LogP contribution in [-0.2, 0) is 23.6 Å². The molecule has 2 rings (SSSR count). The number of hydrogen-bond donors (Lipinski definition) is 1. The Morgan fingerprint density at radius 3 is 2.75 bits per heavy atom. The summed E-state index contributed by atoms with van der Waals surface area (Å²) in [5.74, 6) is 0. The zero-order valence-corrected chi connectivity index (χ0v) is 13.2. The van der Waals surface area contributed by atoms with E-state index in [1.165, 1.54) is 0 Å². The molecule has 20 heavy (non-hydrogen) atoms. The molecule has 1 heterocycles. The minimum absolute atomic E-state index is 0.230. The normalized spacial score (nSPS) is 13.8. The van der Waals surface area contributed by atoms with Gasteiger partial charge in [-0.1, -0.05) is 18.6 Å². The maximum absolute atomic E-state index is 12.0. The van der Waals surface area contributed by atoms with Crippen LogP contribution >= 0.6 is 0 Å². The highest BCUT2D eigenvalue weighted by atomic mass is 32.2. The van der Waals surface area contributed by atoms with Crippen LogP contribution in [0.2, 0.25) is 0 Å². The number of sulfonamides is 1. The van der Waals surface area contributed by atoms with Crippen LogP contribution in [0.1, 0.15) is 31.5 Å². The number of nitrogens with one attached hydrogen (secondary N) is 1. The number of nitrogens with zero attached hydrogens (tertiary/aromatic N) is 2.